The highest BCUT2D eigenvalue weighted by Gasteiger charge is 2.56. The molecule has 24 heavy (non-hydrogen) atoms. The average molecular weight is 324 g/mol. The monoisotopic (exact) mass is 324 g/mol. The van der Waals surface area contributed by atoms with E-state index in [1.165, 1.54) is 19.3 Å². The first kappa shape index (κ1) is 14.7. The zero-order valence-electron chi connectivity index (χ0n) is 13.9. The molecule has 0 saturated heterocycles. The molecule has 1 aromatic heterocycles. The number of benzene rings is 1. The van der Waals surface area contributed by atoms with E-state index in [1.807, 2.05) is 36.4 Å². The molecule has 0 unspecified atom stereocenters. The number of hydrogen-bond acceptors (Lipinski definition) is 4. The van der Waals surface area contributed by atoms with Crippen LogP contribution in [0.5, 0.6) is 0 Å². The van der Waals surface area contributed by atoms with Crippen LogP contribution in [-0.4, -0.2) is 21.4 Å². The zero-order chi connectivity index (χ0) is 16.2. The number of hydrogen-bond donors (Lipinski definition) is 2. The summed E-state index contributed by atoms with van der Waals surface area (Å²) in [4.78, 5) is 0. The SMILES string of the molecule is O[C@]12C[C@H]3C[C@@H](C1)C[C@@](NCc1cc(-c4ccccc4)on1)(C3)C2. The van der Waals surface area contributed by atoms with Gasteiger partial charge in [0, 0.05) is 23.7 Å². The van der Waals surface area contributed by atoms with Crippen LogP contribution in [0.4, 0.5) is 0 Å². The second kappa shape index (κ2) is 5.17. The van der Waals surface area contributed by atoms with Crippen molar-refractivity contribution in [2.75, 3.05) is 0 Å². The van der Waals surface area contributed by atoms with Crippen LogP contribution in [-0.2, 0) is 6.54 Å². The lowest BCUT2D eigenvalue weighted by Crippen LogP contribution is -2.64. The van der Waals surface area contributed by atoms with Crippen molar-refractivity contribution in [3.05, 3.63) is 42.1 Å². The molecule has 4 nitrogen and oxygen atoms in total. The molecule has 2 aromatic rings. The first-order valence-electron chi connectivity index (χ1n) is 9.10. The van der Waals surface area contributed by atoms with Gasteiger partial charge in [0.15, 0.2) is 5.76 Å². The molecule has 4 heteroatoms. The Morgan fingerprint density at radius 1 is 1.12 bits per heavy atom. The second-order valence-electron chi connectivity index (χ2n) is 8.37. The van der Waals surface area contributed by atoms with E-state index in [2.05, 4.69) is 10.5 Å². The van der Waals surface area contributed by atoms with Crippen molar-refractivity contribution in [3.63, 3.8) is 0 Å². The normalized spacial score (nSPS) is 37.0. The van der Waals surface area contributed by atoms with Gasteiger partial charge in [0.2, 0.25) is 0 Å². The Labute approximate surface area is 142 Å². The lowest BCUT2D eigenvalue weighted by Gasteiger charge is -2.60. The number of aromatic nitrogens is 1. The fourth-order valence-corrected chi connectivity index (χ4v) is 5.83. The highest BCUT2D eigenvalue weighted by molar-refractivity contribution is 5.56. The molecule has 1 heterocycles. The Hall–Kier alpha value is -1.65. The molecule has 2 N–H and O–H groups in total. The van der Waals surface area contributed by atoms with E-state index in [-0.39, 0.29) is 5.54 Å². The highest BCUT2D eigenvalue weighted by atomic mass is 16.5. The Morgan fingerprint density at radius 2 is 1.88 bits per heavy atom. The molecule has 6 rings (SSSR count). The molecule has 1 aromatic carbocycles. The van der Waals surface area contributed by atoms with Gasteiger partial charge in [0.05, 0.1) is 11.3 Å². The molecule has 0 aliphatic heterocycles. The third-order valence-electron chi connectivity index (χ3n) is 6.29. The van der Waals surface area contributed by atoms with Gasteiger partial charge in [-0.3, -0.25) is 0 Å². The van der Waals surface area contributed by atoms with Crippen LogP contribution in [0.2, 0.25) is 0 Å². The Balaban J connectivity index is 1.31. The van der Waals surface area contributed by atoms with Crippen LogP contribution in [0.15, 0.2) is 40.9 Å². The van der Waals surface area contributed by atoms with Crippen LogP contribution in [0.3, 0.4) is 0 Å². The summed E-state index contributed by atoms with van der Waals surface area (Å²) in [6.45, 7) is 0.714. The van der Waals surface area contributed by atoms with Crippen molar-refractivity contribution >= 4 is 0 Å². The van der Waals surface area contributed by atoms with Crippen molar-refractivity contribution < 1.29 is 9.63 Å². The maximum Gasteiger partial charge on any atom is 0.167 e. The number of rotatable bonds is 4. The van der Waals surface area contributed by atoms with E-state index in [9.17, 15) is 5.11 Å². The minimum Gasteiger partial charge on any atom is -0.390 e. The summed E-state index contributed by atoms with van der Waals surface area (Å²) in [5.74, 6) is 2.21. The van der Waals surface area contributed by atoms with Crippen LogP contribution in [0.25, 0.3) is 11.3 Å². The molecule has 4 atom stereocenters. The summed E-state index contributed by atoms with van der Waals surface area (Å²) in [7, 11) is 0. The third-order valence-corrected chi connectivity index (χ3v) is 6.29. The topological polar surface area (TPSA) is 58.3 Å². The lowest BCUT2D eigenvalue weighted by atomic mass is 9.51. The van der Waals surface area contributed by atoms with E-state index in [0.29, 0.717) is 18.4 Å². The molecule has 4 aliphatic carbocycles. The van der Waals surface area contributed by atoms with Gasteiger partial charge in [0.1, 0.15) is 0 Å². The fourth-order valence-electron chi connectivity index (χ4n) is 5.83. The van der Waals surface area contributed by atoms with E-state index in [1.54, 1.807) is 0 Å². The van der Waals surface area contributed by atoms with Gasteiger partial charge in [-0.15, -0.1) is 0 Å². The van der Waals surface area contributed by atoms with Crippen LogP contribution in [0, 0.1) is 11.8 Å². The first-order chi connectivity index (χ1) is 11.6. The minimum atomic E-state index is -0.421. The molecule has 4 aliphatic rings. The van der Waals surface area contributed by atoms with Gasteiger partial charge < -0.3 is 14.9 Å². The molecule has 4 fully saturated rings. The van der Waals surface area contributed by atoms with Crippen molar-refractivity contribution in [3.8, 4) is 11.3 Å². The van der Waals surface area contributed by atoms with Crippen molar-refractivity contribution in [2.45, 2.75) is 56.2 Å². The van der Waals surface area contributed by atoms with E-state index >= 15 is 0 Å². The van der Waals surface area contributed by atoms with Gasteiger partial charge in [-0.1, -0.05) is 35.5 Å². The van der Waals surface area contributed by atoms with Crippen LogP contribution in [0.1, 0.15) is 44.2 Å². The van der Waals surface area contributed by atoms with E-state index < -0.39 is 5.60 Å². The van der Waals surface area contributed by atoms with Crippen molar-refractivity contribution in [1.82, 2.24) is 10.5 Å². The predicted molar refractivity (Wildman–Crippen MR) is 91.1 cm³/mol. The first-order valence-corrected chi connectivity index (χ1v) is 9.10. The molecule has 4 bridgehead atoms. The number of aliphatic hydroxyl groups is 1. The van der Waals surface area contributed by atoms with Crippen molar-refractivity contribution in [1.29, 1.82) is 0 Å². The second-order valence-corrected chi connectivity index (χ2v) is 8.37. The van der Waals surface area contributed by atoms with Crippen LogP contribution < -0.4 is 5.32 Å². The van der Waals surface area contributed by atoms with Gasteiger partial charge in [-0.05, 0) is 50.4 Å². The molecular weight excluding hydrogens is 300 g/mol. The summed E-state index contributed by atoms with van der Waals surface area (Å²) in [6.07, 6.45) is 6.64. The Kier molecular flexibility index (Phi) is 3.16. The Morgan fingerprint density at radius 3 is 2.58 bits per heavy atom. The fraction of sp³-hybridized carbons (Fsp3) is 0.550. The van der Waals surface area contributed by atoms with Gasteiger partial charge >= 0.3 is 0 Å². The summed E-state index contributed by atoms with van der Waals surface area (Å²) in [5, 5.41) is 18.8. The summed E-state index contributed by atoms with van der Waals surface area (Å²) < 4.78 is 5.50. The van der Waals surface area contributed by atoms with Crippen LogP contribution >= 0.6 is 0 Å². The Bertz CT molecular complexity index is 725. The minimum absolute atomic E-state index is 0.102. The predicted octanol–water partition coefficient (Wildman–Crippen LogP) is 3.51. The highest BCUT2D eigenvalue weighted by Crippen LogP contribution is 2.57. The summed E-state index contributed by atoms with van der Waals surface area (Å²) in [5.41, 5.74) is 1.68. The molecule has 4 saturated carbocycles. The average Bonchev–Trinajstić information content (AvgIpc) is 3.01. The zero-order valence-corrected chi connectivity index (χ0v) is 13.9. The quantitative estimate of drug-likeness (QED) is 0.903. The van der Waals surface area contributed by atoms with E-state index in [4.69, 9.17) is 4.52 Å². The maximum absolute atomic E-state index is 10.8. The number of nitrogens with zero attached hydrogens (tertiary/aromatic N) is 1. The molecule has 0 amide bonds. The van der Waals surface area contributed by atoms with Gasteiger partial charge in [0.25, 0.3) is 0 Å². The van der Waals surface area contributed by atoms with Gasteiger partial charge in [-0.25, -0.2) is 0 Å². The van der Waals surface area contributed by atoms with Gasteiger partial charge in [-0.2, -0.15) is 0 Å². The summed E-state index contributed by atoms with van der Waals surface area (Å²) in [6, 6.07) is 12.1. The lowest BCUT2D eigenvalue weighted by molar-refractivity contribution is -0.142. The molecular formula is C20H24N2O2. The summed E-state index contributed by atoms with van der Waals surface area (Å²) >= 11 is 0. The maximum atomic E-state index is 10.8. The number of nitrogens with one attached hydrogen (secondary N) is 1. The molecule has 0 spiro atoms. The van der Waals surface area contributed by atoms with E-state index in [0.717, 1.165) is 36.3 Å². The smallest absolute Gasteiger partial charge is 0.167 e. The molecule has 0 radical (unpaired) electrons. The van der Waals surface area contributed by atoms with Crippen molar-refractivity contribution in [2.24, 2.45) is 11.8 Å². The molecule has 126 valence electrons. The standard InChI is InChI=1S/C20H24N2O2/c23-20-10-14-6-15(11-20)9-19(8-14,13-20)21-12-17-7-18(24-22-17)16-4-2-1-3-5-16/h1-5,7,14-15,21,23H,6,8-13H2/t14-,15+,19-,20+. The largest absolute Gasteiger partial charge is 0.390 e. The third kappa shape index (κ3) is 2.49.